The van der Waals surface area contributed by atoms with Crippen LogP contribution in [-0.4, -0.2) is 43.2 Å². The molecule has 10 heteroatoms. The molecule has 10 nitrogen and oxygen atoms in total. The van der Waals surface area contributed by atoms with Crippen LogP contribution in [0.15, 0.2) is 54.7 Å². The molecule has 1 aliphatic heterocycles. The van der Waals surface area contributed by atoms with Crippen LogP contribution < -0.4 is 9.64 Å². The standard InChI is InChI=1S/C25H23N7O3/c1-15-8-10-31(11-9-15)16-2-5-21-22(12-16)28-25(27-21)24-19-13-18(4-6-20(19)29-30-24)35-23-7-3-17(14-26-23)32(33)34/h2-7,12-15H,8-11H2,1H3,(H,27,28)(H,29,30). The van der Waals surface area contributed by atoms with Gasteiger partial charge >= 0.3 is 0 Å². The first kappa shape index (κ1) is 21.1. The lowest BCUT2D eigenvalue weighted by Crippen LogP contribution is -2.32. The molecule has 2 aromatic carbocycles. The second kappa shape index (κ2) is 8.39. The predicted molar refractivity (Wildman–Crippen MR) is 133 cm³/mol. The molecule has 0 aliphatic carbocycles. The van der Waals surface area contributed by atoms with E-state index in [0.717, 1.165) is 40.9 Å². The number of nitrogens with one attached hydrogen (secondary N) is 2. The molecule has 6 rings (SSSR count). The third-order valence-corrected chi connectivity index (χ3v) is 6.53. The Morgan fingerprint density at radius 2 is 1.94 bits per heavy atom. The lowest BCUT2D eigenvalue weighted by atomic mass is 9.99. The van der Waals surface area contributed by atoms with Gasteiger partial charge in [-0.25, -0.2) is 9.97 Å². The van der Waals surface area contributed by atoms with Crippen LogP contribution in [0.2, 0.25) is 0 Å². The van der Waals surface area contributed by atoms with Crippen molar-refractivity contribution in [3.8, 4) is 23.1 Å². The molecule has 0 unspecified atom stereocenters. The minimum atomic E-state index is -0.496. The highest BCUT2D eigenvalue weighted by Crippen LogP contribution is 2.32. The molecule has 0 atom stereocenters. The van der Waals surface area contributed by atoms with Gasteiger partial charge in [0.2, 0.25) is 5.88 Å². The summed E-state index contributed by atoms with van der Waals surface area (Å²) >= 11 is 0. The quantitative estimate of drug-likeness (QED) is 0.259. The number of nitrogens with zero attached hydrogens (tertiary/aromatic N) is 5. The fourth-order valence-electron chi connectivity index (χ4n) is 4.47. The lowest BCUT2D eigenvalue weighted by molar-refractivity contribution is -0.385. The molecule has 0 radical (unpaired) electrons. The highest BCUT2D eigenvalue weighted by atomic mass is 16.6. The van der Waals surface area contributed by atoms with Crippen LogP contribution in [0.3, 0.4) is 0 Å². The highest BCUT2D eigenvalue weighted by Gasteiger charge is 2.18. The van der Waals surface area contributed by atoms with Crippen molar-refractivity contribution in [2.75, 3.05) is 18.0 Å². The number of piperidine rings is 1. The molecule has 2 N–H and O–H groups in total. The molecule has 4 heterocycles. The average molecular weight is 470 g/mol. The highest BCUT2D eigenvalue weighted by molar-refractivity contribution is 5.94. The third-order valence-electron chi connectivity index (χ3n) is 6.53. The number of ether oxygens (including phenoxy) is 1. The van der Waals surface area contributed by atoms with Crippen molar-refractivity contribution in [3.05, 3.63) is 64.8 Å². The summed E-state index contributed by atoms with van der Waals surface area (Å²) < 4.78 is 5.82. The van der Waals surface area contributed by atoms with Gasteiger partial charge in [-0.1, -0.05) is 6.92 Å². The van der Waals surface area contributed by atoms with Gasteiger partial charge in [-0.2, -0.15) is 5.10 Å². The van der Waals surface area contributed by atoms with Crippen LogP contribution in [0.25, 0.3) is 33.5 Å². The molecule has 5 aromatic rings. The zero-order valence-corrected chi connectivity index (χ0v) is 19.1. The lowest BCUT2D eigenvalue weighted by Gasteiger charge is -2.32. The van der Waals surface area contributed by atoms with Crippen molar-refractivity contribution in [1.82, 2.24) is 25.1 Å². The van der Waals surface area contributed by atoms with Gasteiger partial charge in [0.25, 0.3) is 5.69 Å². The fraction of sp³-hybridized carbons (Fsp3) is 0.240. The van der Waals surface area contributed by atoms with Gasteiger partial charge in [-0.3, -0.25) is 15.2 Å². The Morgan fingerprint density at radius 3 is 2.71 bits per heavy atom. The number of H-pyrrole nitrogens is 2. The molecule has 0 amide bonds. The average Bonchev–Trinajstić information content (AvgIpc) is 3.48. The molecular weight excluding hydrogens is 446 g/mol. The van der Waals surface area contributed by atoms with Gasteiger partial charge in [-0.05, 0) is 55.2 Å². The van der Waals surface area contributed by atoms with Gasteiger partial charge in [0.05, 0.1) is 21.5 Å². The number of imidazole rings is 1. The van der Waals surface area contributed by atoms with E-state index in [1.165, 1.54) is 36.9 Å². The van der Waals surface area contributed by atoms with Crippen molar-refractivity contribution in [2.45, 2.75) is 19.8 Å². The summed E-state index contributed by atoms with van der Waals surface area (Å²) in [5.41, 5.74) is 4.49. The summed E-state index contributed by atoms with van der Waals surface area (Å²) in [6.07, 6.45) is 3.60. The van der Waals surface area contributed by atoms with Gasteiger partial charge in [0.1, 0.15) is 17.6 Å². The van der Waals surface area contributed by atoms with Gasteiger partial charge in [-0.15, -0.1) is 0 Å². The predicted octanol–water partition coefficient (Wildman–Crippen LogP) is 5.44. The maximum absolute atomic E-state index is 10.8. The van der Waals surface area contributed by atoms with E-state index in [9.17, 15) is 10.1 Å². The number of nitro groups is 1. The van der Waals surface area contributed by atoms with E-state index in [-0.39, 0.29) is 11.6 Å². The maximum Gasteiger partial charge on any atom is 0.287 e. The second-order valence-corrected chi connectivity index (χ2v) is 8.95. The topological polar surface area (TPSA) is 126 Å². The van der Waals surface area contributed by atoms with E-state index in [2.05, 4.69) is 44.1 Å². The van der Waals surface area contributed by atoms with Crippen LogP contribution >= 0.6 is 0 Å². The Bertz CT molecular complexity index is 1530. The molecule has 0 spiro atoms. The van der Waals surface area contributed by atoms with E-state index < -0.39 is 4.92 Å². The van der Waals surface area contributed by atoms with Crippen molar-refractivity contribution in [3.63, 3.8) is 0 Å². The molecule has 0 bridgehead atoms. The Hall–Kier alpha value is -4.47. The minimum Gasteiger partial charge on any atom is -0.439 e. The first-order valence-electron chi connectivity index (χ1n) is 11.5. The Kier molecular flexibility index (Phi) is 5.05. The molecule has 3 aromatic heterocycles. The summed E-state index contributed by atoms with van der Waals surface area (Å²) in [7, 11) is 0. The SMILES string of the molecule is CC1CCN(c2ccc3nc(-c4n[nH]c5ccc(Oc6ccc([N+](=O)[O-])cn6)cc45)[nH]c3c2)CC1. The van der Waals surface area contributed by atoms with Gasteiger partial charge in [0, 0.05) is 36.3 Å². The fourth-order valence-corrected chi connectivity index (χ4v) is 4.47. The largest absolute Gasteiger partial charge is 0.439 e. The number of pyridine rings is 1. The van der Waals surface area contributed by atoms with Crippen LogP contribution in [0.5, 0.6) is 11.6 Å². The van der Waals surface area contributed by atoms with Crippen molar-refractivity contribution >= 4 is 33.3 Å². The van der Waals surface area contributed by atoms with Crippen LogP contribution in [0.1, 0.15) is 19.8 Å². The van der Waals surface area contributed by atoms with Crippen LogP contribution in [-0.2, 0) is 0 Å². The number of anilines is 1. The third kappa shape index (κ3) is 4.03. The zero-order chi connectivity index (χ0) is 23.9. The van der Waals surface area contributed by atoms with E-state index in [4.69, 9.17) is 9.72 Å². The number of hydrogen-bond acceptors (Lipinski definition) is 7. The number of fused-ring (bicyclic) bond motifs is 2. The summed E-state index contributed by atoms with van der Waals surface area (Å²) in [5.74, 6) is 2.26. The number of aromatic nitrogens is 5. The Balaban J connectivity index is 1.30. The van der Waals surface area contributed by atoms with Crippen molar-refractivity contribution < 1.29 is 9.66 Å². The molecule has 176 valence electrons. The first-order valence-corrected chi connectivity index (χ1v) is 11.5. The number of rotatable bonds is 5. The number of aromatic amines is 2. The normalized spacial score (nSPS) is 14.6. The van der Waals surface area contributed by atoms with Gasteiger partial charge < -0.3 is 14.6 Å². The second-order valence-electron chi connectivity index (χ2n) is 8.95. The van der Waals surface area contributed by atoms with Crippen LogP contribution in [0.4, 0.5) is 11.4 Å². The Morgan fingerprint density at radius 1 is 1.09 bits per heavy atom. The molecule has 1 saturated heterocycles. The molecule has 35 heavy (non-hydrogen) atoms. The van der Waals surface area contributed by atoms with Crippen molar-refractivity contribution in [1.29, 1.82) is 0 Å². The van der Waals surface area contributed by atoms with Gasteiger partial charge in [0.15, 0.2) is 5.82 Å². The molecule has 1 aliphatic rings. The summed E-state index contributed by atoms with van der Waals surface area (Å²) in [5, 5.41) is 19.2. The smallest absolute Gasteiger partial charge is 0.287 e. The van der Waals surface area contributed by atoms with E-state index in [1.807, 2.05) is 18.2 Å². The maximum atomic E-state index is 10.8. The monoisotopic (exact) mass is 469 g/mol. The first-order chi connectivity index (χ1) is 17.0. The Labute approximate surface area is 200 Å². The summed E-state index contributed by atoms with van der Waals surface area (Å²) in [6.45, 7) is 4.46. The van der Waals surface area contributed by atoms with Crippen molar-refractivity contribution in [2.24, 2.45) is 5.92 Å². The van der Waals surface area contributed by atoms with E-state index >= 15 is 0 Å². The molecule has 1 fully saturated rings. The summed E-state index contributed by atoms with van der Waals surface area (Å²) in [6, 6.07) is 14.7. The van der Waals surface area contributed by atoms with E-state index in [0.29, 0.717) is 17.3 Å². The van der Waals surface area contributed by atoms with Crippen LogP contribution in [0, 0.1) is 16.0 Å². The molecular formula is C25H23N7O3. The zero-order valence-electron chi connectivity index (χ0n) is 19.1. The van der Waals surface area contributed by atoms with E-state index in [1.54, 1.807) is 6.07 Å². The minimum absolute atomic E-state index is 0.0900. The number of hydrogen-bond donors (Lipinski definition) is 2. The molecule has 0 saturated carbocycles. The number of benzene rings is 2. The summed E-state index contributed by atoms with van der Waals surface area (Å²) in [4.78, 5) is 25.0.